The number of carbonyl (C=O) groups excluding carboxylic acids is 1. The van der Waals surface area contributed by atoms with Gasteiger partial charge in [0, 0.05) is 12.6 Å². The molecule has 0 aromatic heterocycles. The van der Waals surface area contributed by atoms with Crippen LogP contribution in [0, 0.1) is 12.8 Å². The molecule has 0 saturated carbocycles. The minimum atomic E-state index is -0.165. The van der Waals surface area contributed by atoms with Crippen LogP contribution in [0.5, 0.6) is 11.5 Å². The smallest absolute Gasteiger partial charge is 0.311 e. The standard InChI is InChI=1S/C26H35NO4/c1-6-31-26(28)25-19(3)27(16-14-22(25)21-10-7-18(2)8-11-21)15-13-20-9-12-23(29-4)24(17-20)30-5/h7-12,17,19,22,25H,6,13-16H2,1-5H3/t19-,22+,25+/m1/s1. The van der Waals surface area contributed by atoms with Crippen LogP contribution < -0.4 is 9.47 Å². The predicted molar refractivity (Wildman–Crippen MR) is 123 cm³/mol. The zero-order valence-electron chi connectivity index (χ0n) is 19.4. The monoisotopic (exact) mass is 425 g/mol. The van der Waals surface area contributed by atoms with Gasteiger partial charge in [-0.1, -0.05) is 35.9 Å². The van der Waals surface area contributed by atoms with Crippen molar-refractivity contribution < 1.29 is 19.0 Å². The summed E-state index contributed by atoms with van der Waals surface area (Å²) in [4.78, 5) is 15.4. The Morgan fingerprint density at radius 2 is 1.77 bits per heavy atom. The molecule has 31 heavy (non-hydrogen) atoms. The van der Waals surface area contributed by atoms with Crippen LogP contribution in [0.4, 0.5) is 0 Å². The summed E-state index contributed by atoms with van der Waals surface area (Å²) in [5.41, 5.74) is 3.66. The second kappa shape index (κ2) is 10.7. The maximum atomic E-state index is 13.0. The van der Waals surface area contributed by atoms with Gasteiger partial charge in [-0.05, 0) is 69.3 Å². The fraction of sp³-hybridized carbons (Fsp3) is 0.500. The number of methoxy groups -OCH3 is 2. The number of hydrogen-bond donors (Lipinski definition) is 0. The number of rotatable bonds is 8. The molecule has 1 aliphatic heterocycles. The molecule has 5 heteroatoms. The van der Waals surface area contributed by atoms with E-state index in [1.54, 1.807) is 14.2 Å². The predicted octanol–water partition coefficient (Wildman–Crippen LogP) is 4.61. The molecule has 0 unspecified atom stereocenters. The van der Waals surface area contributed by atoms with Gasteiger partial charge in [0.15, 0.2) is 11.5 Å². The third kappa shape index (κ3) is 5.40. The van der Waals surface area contributed by atoms with Crippen LogP contribution in [-0.2, 0) is 16.0 Å². The van der Waals surface area contributed by atoms with Gasteiger partial charge in [-0.25, -0.2) is 0 Å². The zero-order chi connectivity index (χ0) is 22.4. The molecule has 3 atom stereocenters. The number of hydrogen-bond acceptors (Lipinski definition) is 5. The highest BCUT2D eigenvalue weighted by Crippen LogP contribution is 2.38. The Balaban J connectivity index is 1.74. The van der Waals surface area contributed by atoms with Gasteiger partial charge in [0.05, 0.1) is 26.7 Å². The van der Waals surface area contributed by atoms with Crippen molar-refractivity contribution in [3.05, 3.63) is 59.2 Å². The van der Waals surface area contributed by atoms with Crippen molar-refractivity contribution in [1.82, 2.24) is 4.90 Å². The summed E-state index contributed by atoms with van der Waals surface area (Å²) in [6, 6.07) is 14.8. The Kier molecular flexibility index (Phi) is 7.97. The normalized spacial score (nSPS) is 21.5. The maximum absolute atomic E-state index is 13.0. The Morgan fingerprint density at radius 3 is 2.42 bits per heavy atom. The largest absolute Gasteiger partial charge is 0.493 e. The molecule has 0 amide bonds. The number of carbonyl (C=O) groups is 1. The summed E-state index contributed by atoms with van der Waals surface area (Å²) >= 11 is 0. The van der Waals surface area contributed by atoms with E-state index in [9.17, 15) is 4.79 Å². The van der Waals surface area contributed by atoms with Crippen LogP contribution in [0.25, 0.3) is 0 Å². The van der Waals surface area contributed by atoms with E-state index >= 15 is 0 Å². The van der Waals surface area contributed by atoms with Crippen molar-refractivity contribution in [3.8, 4) is 11.5 Å². The van der Waals surface area contributed by atoms with Crippen molar-refractivity contribution in [2.24, 2.45) is 5.92 Å². The van der Waals surface area contributed by atoms with Gasteiger partial charge in [0.25, 0.3) is 0 Å². The molecule has 1 fully saturated rings. The Bertz CT molecular complexity index is 864. The number of esters is 1. The van der Waals surface area contributed by atoms with Crippen LogP contribution in [-0.4, -0.2) is 50.8 Å². The van der Waals surface area contributed by atoms with E-state index in [2.05, 4.69) is 49.1 Å². The van der Waals surface area contributed by atoms with Gasteiger partial charge in [-0.2, -0.15) is 0 Å². The summed E-state index contributed by atoms with van der Waals surface area (Å²) in [7, 11) is 3.30. The highest BCUT2D eigenvalue weighted by Gasteiger charge is 2.41. The second-order valence-corrected chi connectivity index (χ2v) is 8.30. The lowest BCUT2D eigenvalue weighted by Crippen LogP contribution is -2.50. The minimum Gasteiger partial charge on any atom is -0.493 e. The first-order chi connectivity index (χ1) is 15.0. The summed E-state index contributed by atoms with van der Waals surface area (Å²) in [5.74, 6) is 1.42. The van der Waals surface area contributed by atoms with Gasteiger partial charge < -0.3 is 14.2 Å². The minimum absolute atomic E-state index is 0.0867. The van der Waals surface area contributed by atoms with E-state index in [1.807, 2.05) is 19.1 Å². The SMILES string of the molecule is CCOC(=O)[C@H]1[C@@H](C)N(CCc2ccc(OC)c(OC)c2)CC[C@H]1c1ccc(C)cc1. The molecule has 168 valence electrons. The first kappa shape index (κ1) is 23.1. The third-order valence-electron chi connectivity index (χ3n) is 6.46. The lowest BCUT2D eigenvalue weighted by atomic mass is 9.76. The first-order valence-electron chi connectivity index (χ1n) is 11.2. The van der Waals surface area contributed by atoms with Gasteiger partial charge in [-0.3, -0.25) is 9.69 Å². The first-order valence-corrected chi connectivity index (χ1v) is 11.2. The molecule has 1 saturated heterocycles. The fourth-order valence-corrected chi connectivity index (χ4v) is 4.66. The van der Waals surface area contributed by atoms with Crippen molar-refractivity contribution in [2.75, 3.05) is 33.9 Å². The molecular weight excluding hydrogens is 390 g/mol. The van der Waals surface area contributed by atoms with Crippen LogP contribution in [0.2, 0.25) is 0 Å². The molecular formula is C26H35NO4. The summed E-state index contributed by atoms with van der Waals surface area (Å²) in [6.07, 6.45) is 1.83. The number of piperidine rings is 1. The summed E-state index contributed by atoms with van der Waals surface area (Å²) < 4.78 is 16.3. The highest BCUT2D eigenvalue weighted by molar-refractivity contribution is 5.75. The Labute approximate surface area is 186 Å². The number of likely N-dealkylation sites (tertiary alicyclic amines) is 1. The molecule has 3 rings (SSSR count). The molecule has 1 aliphatic rings. The number of nitrogens with zero attached hydrogens (tertiary/aromatic N) is 1. The molecule has 0 aliphatic carbocycles. The maximum Gasteiger partial charge on any atom is 0.311 e. The molecule has 0 bridgehead atoms. The Hall–Kier alpha value is -2.53. The number of ether oxygens (including phenoxy) is 3. The number of aryl methyl sites for hydroxylation is 1. The number of benzene rings is 2. The van der Waals surface area contributed by atoms with Crippen LogP contribution in [0.3, 0.4) is 0 Å². The van der Waals surface area contributed by atoms with Crippen LogP contribution in [0.15, 0.2) is 42.5 Å². The average Bonchev–Trinajstić information content (AvgIpc) is 2.78. The Morgan fingerprint density at radius 1 is 1.06 bits per heavy atom. The topological polar surface area (TPSA) is 48.0 Å². The van der Waals surface area contributed by atoms with Crippen molar-refractivity contribution in [1.29, 1.82) is 0 Å². The molecule has 5 nitrogen and oxygen atoms in total. The average molecular weight is 426 g/mol. The van der Waals surface area contributed by atoms with E-state index in [4.69, 9.17) is 14.2 Å². The molecule has 2 aromatic carbocycles. The molecule has 2 aromatic rings. The van der Waals surface area contributed by atoms with Gasteiger partial charge in [0.1, 0.15) is 0 Å². The van der Waals surface area contributed by atoms with E-state index in [0.717, 1.165) is 37.4 Å². The lowest BCUT2D eigenvalue weighted by molar-refractivity contribution is -0.153. The van der Waals surface area contributed by atoms with E-state index in [0.29, 0.717) is 6.61 Å². The van der Waals surface area contributed by atoms with E-state index in [1.165, 1.54) is 16.7 Å². The quantitative estimate of drug-likeness (QED) is 0.578. The fourth-order valence-electron chi connectivity index (χ4n) is 4.66. The summed E-state index contributed by atoms with van der Waals surface area (Å²) in [6.45, 7) is 8.38. The summed E-state index contributed by atoms with van der Waals surface area (Å²) in [5, 5.41) is 0. The second-order valence-electron chi connectivity index (χ2n) is 8.30. The van der Waals surface area contributed by atoms with Crippen LogP contribution in [0.1, 0.15) is 42.9 Å². The van der Waals surface area contributed by atoms with Gasteiger partial charge >= 0.3 is 5.97 Å². The highest BCUT2D eigenvalue weighted by atomic mass is 16.5. The van der Waals surface area contributed by atoms with Crippen molar-refractivity contribution in [3.63, 3.8) is 0 Å². The molecule has 0 radical (unpaired) electrons. The third-order valence-corrected chi connectivity index (χ3v) is 6.46. The van der Waals surface area contributed by atoms with Crippen molar-refractivity contribution in [2.45, 2.75) is 45.6 Å². The lowest BCUT2D eigenvalue weighted by Gasteiger charge is -2.43. The molecule has 0 N–H and O–H groups in total. The van der Waals surface area contributed by atoms with E-state index in [-0.39, 0.29) is 23.8 Å². The van der Waals surface area contributed by atoms with E-state index < -0.39 is 0 Å². The van der Waals surface area contributed by atoms with Crippen LogP contribution >= 0.6 is 0 Å². The molecule has 0 spiro atoms. The molecule has 1 heterocycles. The van der Waals surface area contributed by atoms with Crippen molar-refractivity contribution >= 4 is 5.97 Å². The zero-order valence-corrected chi connectivity index (χ0v) is 19.4. The van der Waals surface area contributed by atoms with Gasteiger partial charge in [-0.15, -0.1) is 0 Å². The van der Waals surface area contributed by atoms with Gasteiger partial charge in [0.2, 0.25) is 0 Å².